The summed E-state index contributed by atoms with van der Waals surface area (Å²) < 4.78 is 14.2. The molecule has 0 fully saturated rings. The van der Waals surface area contributed by atoms with Gasteiger partial charge >= 0.3 is 0 Å². The van der Waals surface area contributed by atoms with Crippen molar-refractivity contribution in [2.75, 3.05) is 0 Å². The number of benzene rings is 1. The van der Waals surface area contributed by atoms with Crippen LogP contribution in [0.1, 0.15) is 24.2 Å². The molecule has 0 atom stereocenters. The topological polar surface area (TPSA) is 17.1 Å². The molecule has 0 unspecified atom stereocenters. The highest BCUT2D eigenvalue weighted by atomic mass is 28.3. The van der Waals surface area contributed by atoms with Gasteiger partial charge in [0, 0.05) is 5.92 Å². The van der Waals surface area contributed by atoms with Gasteiger partial charge in [-0.15, -0.1) is 0 Å². The minimum atomic E-state index is -1.72. The average Bonchev–Trinajstić information content (AvgIpc) is 2.15. The molecule has 1 nitrogen and oxygen atoms in total. The summed E-state index contributed by atoms with van der Waals surface area (Å²) in [5.74, 6) is -0.579. The van der Waals surface area contributed by atoms with Gasteiger partial charge in [0.05, 0.1) is 13.6 Å². The standard InChI is InChI=1S/C13H19FOSi/c1-9(2)13(15)10-7-6-8-11(12(10)14)16(3,4)5/h6-9H,1-5H3. The lowest BCUT2D eigenvalue weighted by atomic mass is 10.0. The summed E-state index contributed by atoms with van der Waals surface area (Å²) in [6, 6.07) is 5.17. The summed E-state index contributed by atoms with van der Waals surface area (Å²) in [5, 5.41) is 0.735. The van der Waals surface area contributed by atoms with E-state index in [0.717, 1.165) is 5.19 Å². The molecule has 0 bridgehead atoms. The Morgan fingerprint density at radius 1 is 1.25 bits per heavy atom. The molecule has 0 N–H and O–H groups in total. The van der Waals surface area contributed by atoms with Gasteiger partial charge in [-0.25, -0.2) is 4.39 Å². The van der Waals surface area contributed by atoms with Crippen LogP contribution in [0.4, 0.5) is 4.39 Å². The lowest BCUT2D eigenvalue weighted by Crippen LogP contribution is -2.41. The van der Waals surface area contributed by atoms with Crippen molar-refractivity contribution in [3.05, 3.63) is 29.6 Å². The number of carbonyl (C=O) groups excluding carboxylic acids is 1. The third kappa shape index (κ3) is 2.58. The van der Waals surface area contributed by atoms with E-state index in [0.29, 0.717) is 0 Å². The summed E-state index contributed by atoms with van der Waals surface area (Å²) in [4.78, 5) is 11.8. The lowest BCUT2D eigenvalue weighted by molar-refractivity contribution is 0.0935. The molecule has 88 valence electrons. The maximum atomic E-state index is 14.2. The van der Waals surface area contributed by atoms with Crippen molar-refractivity contribution in [3.63, 3.8) is 0 Å². The van der Waals surface area contributed by atoms with Gasteiger partial charge in [-0.2, -0.15) is 0 Å². The van der Waals surface area contributed by atoms with Crippen molar-refractivity contribution in [1.29, 1.82) is 0 Å². The minimum Gasteiger partial charge on any atom is -0.294 e. The molecule has 3 heteroatoms. The molecule has 0 radical (unpaired) electrons. The Morgan fingerprint density at radius 2 is 1.81 bits per heavy atom. The fraction of sp³-hybridized carbons (Fsp3) is 0.462. The van der Waals surface area contributed by atoms with Crippen LogP contribution >= 0.6 is 0 Å². The monoisotopic (exact) mass is 238 g/mol. The van der Waals surface area contributed by atoms with Gasteiger partial charge in [-0.3, -0.25) is 4.79 Å². The van der Waals surface area contributed by atoms with Gasteiger partial charge in [-0.1, -0.05) is 45.6 Å². The van der Waals surface area contributed by atoms with Crippen LogP contribution in [0.3, 0.4) is 0 Å². The van der Waals surface area contributed by atoms with E-state index in [1.807, 2.05) is 0 Å². The maximum Gasteiger partial charge on any atom is 0.168 e. The van der Waals surface area contributed by atoms with Gasteiger partial charge in [0.15, 0.2) is 5.78 Å². The van der Waals surface area contributed by atoms with Crippen molar-refractivity contribution < 1.29 is 9.18 Å². The average molecular weight is 238 g/mol. The van der Waals surface area contributed by atoms with E-state index in [2.05, 4.69) is 19.6 Å². The molecule has 0 saturated carbocycles. The highest BCUT2D eigenvalue weighted by molar-refractivity contribution is 6.88. The second-order valence-corrected chi connectivity index (χ2v) is 10.5. The van der Waals surface area contributed by atoms with Crippen LogP contribution in [0, 0.1) is 11.7 Å². The van der Waals surface area contributed by atoms with Gasteiger partial charge in [-0.05, 0) is 11.3 Å². The summed E-state index contributed by atoms with van der Waals surface area (Å²) in [6.07, 6.45) is 0. The molecular formula is C13H19FOSi. The van der Waals surface area contributed by atoms with Gasteiger partial charge in [0.2, 0.25) is 0 Å². The predicted molar refractivity (Wildman–Crippen MR) is 68.5 cm³/mol. The summed E-state index contributed by atoms with van der Waals surface area (Å²) in [5.41, 5.74) is 0.245. The van der Waals surface area contributed by atoms with Crippen LogP contribution < -0.4 is 5.19 Å². The molecule has 0 amide bonds. The predicted octanol–water partition coefficient (Wildman–Crippen LogP) is 3.21. The first-order valence-electron chi connectivity index (χ1n) is 5.58. The van der Waals surface area contributed by atoms with E-state index in [-0.39, 0.29) is 23.1 Å². The molecule has 1 aromatic carbocycles. The van der Waals surface area contributed by atoms with Crippen molar-refractivity contribution in [2.24, 2.45) is 5.92 Å². The Bertz CT molecular complexity index is 405. The number of hydrogen-bond donors (Lipinski definition) is 0. The highest BCUT2D eigenvalue weighted by Gasteiger charge is 2.24. The zero-order valence-corrected chi connectivity index (χ0v) is 11.6. The molecule has 1 aromatic rings. The fourth-order valence-electron chi connectivity index (χ4n) is 1.61. The molecular weight excluding hydrogens is 219 g/mol. The molecule has 0 aliphatic rings. The van der Waals surface area contributed by atoms with Gasteiger partial charge < -0.3 is 0 Å². The Hall–Kier alpha value is -0.963. The van der Waals surface area contributed by atoms with E-state index < -0.39 is 8.07 Å². The van der Waals surface area contributed by atoms with Crippen LogP contribution in [0.15, 0.2) is 18.2 Å². The van der Waals surface area contributed by atoms with Crippen LogP contribution in [0.2, 0.25) is 19.6 Å². The second-order valence-electron chi connectivity index (χ2n) is 5.44. The first kappa shape index (κ1) is 13.1. The highest BCUT2D eigenvalue weighted by Crippen LogP contribution is 2.14. The Morgan fingerprint density at radius 3 is 2.25 bits per heavy atom. The van der Waals surface area contributed by atoms with Crippen molar-refractivity contribution in [1.82, 2.24) is 0 Å². The Labute approximate surface area is 97.7 Å². The second kappa shape index (κ2) is 4.50. The van der Waals surface area contributed by atoms with Crippen molar-refractivity contribution in [2.45, 2.75) is 33.5 Å². The molecule has 0 aliphatic heterocycles. The zero-order valence-electron chi connectivity index (χ0n) is 10.6. The molecule has 0 saturated heterocycles. The first-order chi connectivity index (χ1) is 7.25. The molecule has 1 rings (SSSR count). The Kier molecular flexibility index (Phi) is 3.68. The summed E-state index contributed by atoms with van der Waals surface area (Å²) in [7, 11) is -1.72. The molecule has 0 aromatic heterocycles. The summed E-state index contributed by atoms with van der Waals surface area (Å²) in [6.45, 7) is 9.82. The first-order valence-corrected chi connectivity index (χ1v) is 9.08. The smallest absolute Gasteiger partial charge is 0.168 e. The maximum absolute atomic E-state index is 14.2. The third-order valence-corrected chi connectivity index (χ3v) is 4.60. The number of ketones is 1. The SMILES string of the molecule is CC(C)C(=O)c1cccc([Si](C)(C)C)c1F. The van der Waals surface area contributed by atoms with E-state index in [1.165, 1.54) is 0 Å². The third-order valence-electron chi connectivity index (χ3n) is 2.60. The molecule has 0 spiro atoms. The molecule has 16 heavy (non-hydrogen) atoms. The van der Waals surface area contributed by atoms with Crippen molar-refractivity contribution in [3.8, 4) is 0 Å². The number of halogens is 1. The fourth-order valence-corrected chi connectivity index (χ4v) is 3.00. The van der Waals surface area contributed by atoms with Crippen LogP contribution in [-0.2, 0) is 0 Å². The number of carbonyl (C=O) groups is 1. The van der Waals surface area contributed by atoms with Gasteiger partial charge in [0.1, 0.15) is 5.82 Å². The van der Waals surface area contributed by atoms with E-state index in [9.17, 15) is 9.18 Å². The van der Waals surface area contributed by atoms with E-state index in [1.54, 1.807) is 32.0 Å². The molecule has 0 heterocycles. The van der Waals surface area contributed by atoms with E-state index in [4.69, 9.17) is 0 Å². The molecule has 0 aliphatic carbocycles. The normalized spacial score (nSPS) is 11.9. The number of rotatable bonds is 3. The summed E-state index contributed by atoms with van der Waals surface area (Å²) >= 11 is 0. The van der Waals surface area contributed by atoms with Crippen LogP contribution in [0.25, 0.3) is 0 Å². The number of Topliss-reactive ketones (excluding diaryl/α,β-unsaturated/α-hetero) is 1. The quantitative estimate of drug-likeness (QED) is 0.584. The van der Waals surface area contributed by atoms with Gasteiger partial charge in [0.25, 0.3) is 0 Å². The Balaban J connectivity index is 3.30. The van der Waals surface area contributed by atoms with Crippen LogP contribution in [-0.4, -0.2) is 13.9 Å². The lowest BCUT2D eigenvalue weighted by Gasteiger charge is -2.19. The number of hydrogen-bond acceptors (Lipinski definition) is 1. The van der Waals surface area contributed by atoms with Crippen LogP contribution in [0.5, 0.6) is 0 Å². The van der Waals surface area contributed by atoms with E-state index >= 15 is 0 Å². The zero-order chi connectivity index (χ0) is 12.5. The largest absolute Gasteiger partial charge is 0.294 e. The van der Waals surface area contributed by atoms with Crippen molar-refractivity contribution >= 4 is 19.0 Å². The minimum absolute atomic E-state index is 0.113.